The van der Waals surface area contributed by atoms with Crippen molar-refractivity contribution in [1.82, 2.24) is 25.2 Å². The van der Waals surface area contributed by atoms with Crippen LogP contribution in [0.4, 0.5) is 5.69 Å². The third-order valence-corrected chi connectivity index (χ3v) is 7.71. The number of nitrogens with two attached hydrogens (primary N) is 1. The van der Waals surface area contributed by atoms with Crippen molar-refractivity contribution >= 4 is 34.4 Å². The zero-order chi connectivity index (χ0) is 24.5. The molecule has 2 fully saturated rings. The van der Waals surface area contributed by atoms with Crippen LogP contribution in [0.5, 0.6) is 0 Å². The van der Waals surface area contributed by atoms with E-state index in [9.17, 15) is 4.79 Å². The molecule has 2 aromatic heterocycles. The molecule has 1 aliphatic heterocycles. The molecule has 6 rings (SSSR count). The molecule has 2 aliphatic carbocycles. The monoisotopic (exact) mass is 493 g/mol. The molecule has 1 amide bonds. The number of rotatable bonds is 4. The van der Waals surface area contributed by atoms with Crippen molar-refractivity contribution in [3.63, 3.8) is 0 Å². The number of anilines is 1. The predicted octanol–water partition coefficient (Wildman–Crippen LogP) is 3.52. The van der Waals surface area contributed by atoms with Crippen LogP contribution in [0.15, 0.2) is 42.6 Å². The molecule has 5 N–H and O–H groups in total. The van der Waals surface area contributed by atoms with Crippen LogP contribution in [0, 0.1) is 17.8 Å². The Morgan fingerprint density at radius 3 is 2.71 bits per heavy atom. The maximum absolute atomic E-state index is 13.0. The van der Waals surface area contributed by atoms with Crippen LogP contribution in [0.1, 0.15) is 23.7 Å². The van der Waals surface area contributed by atoms with E-state index in [2.05, 4.69) is 45.4 Å². The van der Waals surface area contributed by atoms with Crippen molar-refractivity contribution in [1.29, 1.82) is 0 Å². The lowest BCUT2D eigenvalue weighted by Gasteiger charge is -2.27. The van der Waals surface area contributed by atoms with Gasteiger partial charge in [0.05, 0.1) is 16.9 Å². The van der Waals surface area contributed by atoms with E-state index < -0.39 is 0 Å². The van der Waals surface area contributed by atoms with Gasteiger partial charge in [-0.15, -0.1) is 0 Å². The number of hydrogen-bond acceptors (Lipinski definition) is 6. The number of nitrogens with one attached hydrogen (secondary N) is 3. The lowest BCUT2D eigenvalue weighted by atomic mass is 9.90. The molecule has 8 nitrogen and oxygen atoms in total. The van der Waals surface area contributed by atoms with E-state index in [0.717, 1.165) is 42.9 Å². The van der Waals surface area contributed by atoms with Crippen LogP contribution >= 0.6 is 11.6 Å². The molecule has 1 aromatic carbocycles. The summed E-state index contributed by atoms with van der Waals surface area (Å²) in [4.78, 5) is 27.5. The van der Waals surface area contributed by atoms with Crippen molar-refractivity contribution in [2.24, 2.45) is 23.5 Å². The first kappa shape index (κ1) is 23.8. The molecular weight excluding hydrogens is 462 g/mol. The van der Waals surface area contributed by atoms with E-state index in [4.69, 9.17) is 16.6 Å². The zero-order valence-corrected chi connectivity index (χ0v) is 20.8. The molecule has 3 heterocycles. The molecule has 184 valence electrons. The molecule has 9 heteroatoms. The van der Waals surface area contributed by atoms with E-state index >= 15 is 0 Å². The van der Waals surface area contributed by atoms with E-state index in [-0.39, 0.29) is 5.91 Å². The summed E-state index contributed by atoms with van der Waals surface area (Å²) < 4.78 is 0. The SMILES string of the molecule is CC1C2C=CC(C2)C1Nc1c(Cl)cnc2nc(-c3cccc(C(=O)N4CCNCC4)c3)[nH]c12.CN. The second-order valence-corrected chi connectivity index (χ2v) is 9.77. The number of benzene rings is 1. The number of imidazole rings is 1. The lowest BCUT2D eigenvalue weighted by molar-refractivity contribution is 0.0736. The van der Waals surface area contributed by atoms with Crippen LogP contribution in [0.2, 0.25) is 5.02 Å². The fourth-order valence-electron chi connectivity index (χ4n) is 5.54. The van der Waals surface area contributed by atoms with Crippen molar-refractivity contribution in [2.75, 3.05) is 38.5 Å². The van der Waals surface area contributed by atoms with Crippen molar-refractivity contribution in [3.05, 3.63) is 53.2 Å². The van der Waals surface area contributed by atoms with Gasteiger partial charge in [-0.25, -0.2) is 9.97 Å². The number of amides is 1. The number of allylic oxidation sites excluding steroid dienone is 1. The Balaban J connectivity index is 0.00000124. The summed E-state index contributed by atoms with van der Waals surface area (Å²) in [7, 11) is 1.50. The van der Waals surface area contributed by atoms with E-state index in [1.54, 1.807) is 6.20 Å². The third-order valence-electron chi connectivity index (χ3n) is 7.42. The van der Waals surface area contributed by atoms with Crippen LogP contribution < -0.4 is 16.4 Å². The van der Waals surface area contributed by atoms with Gasteiger partial charge in [-0.05, 0) is 43.4 Å². The Bertz CT molecular complexity index is 1250. The number of fused-ring (bicyclic) bond motifs is 3. The maximum Gasteiger partial charge on any atom is 0.253 e. The van der Waals surface area contributed by atoms with Gasteiger partial charge in [0.25, 0.3) is 5.91 Å². The number of piperazine rings is 1. The molecule has 4 atom stereocenters. The fourth-order valence-corrected chi connectivity index (χ4v) is 5.73. The highest BCUT2D eigenvalue weighted by Gasteiger charge is 2.42. The summed E-state index contributed by atoms with van der Waals surface area (Å²) in [6.07, 6.45) is 7.54. The third kappa shape index (κ3) is 4.42. The standard InChI is InChI=1S/C25H27ClN6O.CH5N/c1-14-15-5-6-16(11-15)20(14)29-21-19(26)13-28-24-22(21)30-23(31-24)17-3-2-4-18(12-17)25(33)32-9-7-27-8-10-32;1-2/h2-6,12-16,20,27H,7-11H2,1H3,(H2,28,29,30,31);2H2,1H3. The number of halogens is 1. The summed E-state index contributed by atoms with van der Waals surface area (Å²) in [6.45, 7) is 5.41. The Labute approximate surface area is 210 Å². The minimum atomic E-state index is 0.0521. The summed E-state index contributed by atoms with van der Waals surface area (Å²) in [5.41, 5.74) is 8.29. The Morgan fingerprint density at radius 1 is 1.20 bits per heavy atom. The van der Waals surface area contributed by atoms with Gasteiger partial charge in [0.1, 0.15) is 11.3 Å². The topological polar surface area (TPSA) is 112 Å². The zero-order valence-electron chi connectivity index (χ0n) is 20.1. The number of H-pyrrole nitrogens is 1. The van der Waals surface area contributed by atoms with Crippen LogP contribution in [0.3, 0.4) is 0 Å². The van der Waals surface area contributed by atoms with Gasteiger partial charge in [0.15, 0.2) is 5.65 Å². The average molecular weight is 494 g/mol. The molecule has 4 unspecified atom stereocenters. The number of hydrogen-bond donors (Lipinski definition) is 4. The van der Waals surface area contributed by atoms with Gasteiger partial charge in [0.2, 0.25) is 0 Å². The number of carbonyl (C=O) groups is 1. The van der Waals surface area contributed by atoms with Crippen molar-refractivity contribution < 1.29 is 4.79 Å². The quantitative estimate of drug-likeness (QED) is 0.414. The molecular formula is C26H32ClN7O. The summed E-state index contributed by atoms with van der Waals surface area (Å²) in [5.74, 6) is 2.44. The molecule has 1 saturated carbocycles. The minimum absolute atomic E-state index is 0.0521. The van der Waals surface area contributed by atoms with Gasteiger partial charge in [-0.1, -0.05) is 42.8 Å². The Morgan fingerprint density at radius 2 is 1.97 bits per heavy atom. The molecule has 0 radical (unpaired) electrons. The molecule has 3 aliphatic rings. The first-order valence-electron chi connectivity index (χ1n) is 12.3. The van der Waals surface area contributed by atoms with Crippen molar-refractivity contribution in [3.8, 4) is 11.4 Å². The van der Waals surface area contributed by atoms with Crippen LogP contribution in [0.25, 0.3) is 22.6 Å². The summed E-state index contributed by atoms with van der Waals surface area (Å²) >= 11 is 6.59. The number of carbonyl (C=O) groups excluding carboxylic acids is 1. The smallest absolute Gasteiger partial charge is 0.253 e. The lowest BCUT2D eigenvalue weighted by Crippen LogP contribution is -2.46. The number of nitrogens with zero attached hydrogens (tertiary/aromatic N) is 3. The molecule has 35 heavy (non-hydrogen) atoms. The number of aromatic nitrogens is 3. The van der Waals surface area contributed by atoms with Gasteiger partial charge in [-0.3, -0.25) is 4.79 Å². The van der Waals surface area contributed by atoms with E-state index in [1.165, 1.54) is 13.5 Å². The van der Waals surface area contributed by atoms with E-state index in [0.29, 0.717) is 45.9 Å². The van der Waals surface area contributed by atoms with Gasteiger partial charge in [0, 0.05) is 43.3 Å². The molecule has 3 aromatic rings. The molecule has 0 spiro atoms. The normalized spacial score (nSPS) is 25.0. The second kappa shape index (κ2) is 9.97. The second-order valence-electron chi connectivity index (χ2n) is 9.37. The minimum Gasteiger partial charge on any atom is -0.378 e. The summed E-state index contributed by atoms with van der Waals surface area (Å²) in [5, 5.41) is 7.58. The fraction of sp³-hybridized carbons (Fsp3) is 0.423. The summed E-state index contributed by atoms with van der Waals surface area (Å²) in [6, 6.07) is 7.97. The molecule has 2 bridgehead atoms. The van der Waals surface area contributed by atoms with Gasteiger partial charge < -0.3 is 26.3 Å². The average Bonchev–Trinajstić information content (AvgIpc) is 3.63. The number of aromatic amines is 1. The number of pyridine rings is 1. The highest BCUT2D eigenvalue weighted by atomic mass is 35.5. The maximum atomic E-state index is 13.0. The highest BCUT2D eigenvalue weighted by molar-refractivity contribution is 6.34. The van der Waals surface area contributed by atoms with Crippen LogP contribution in [-0.4, -0.2) is 65.0 Å². The predicted molar refractivity (Wildman–Crippen MR) is 141 cm³/mol. The largest absolute Gasteiger partial charge is 0.378 e. The van der Waals surface area contributed by atoms with Gasteiger partial charge in [-0.2, -0.15) is 0 Å². The van der Waals surface area contributed by atoms with E-state index in [1.807, 2.05) is 29.2 Å². The Kier molecular flexibility index (Phi) is 6.77. The van der Waals surface area contributed by atoms with Crippen molar-refractivity contribution in [2.45, 2.75) is 19.4 Å². The Hall–Kier alpha value is -2.94. The first-order valence-corrected chi connectivity index (χ1v) is 12.6. The molecule has 1 saturated heterocycles. The van der Waals surface area contributed by atoms with Crippen LogP contribution in [-0.2, 0) is 0 Å². The first-order chi connectivity index (χ1) is 17.1. The van der Waals surface area contributed by atoms with Gasteiger partial charge >= 0.3 is 0 Å². The highest BCUT2D eigenvalue weighted by Crippen LogP contribution is 2.45.